The van der Waals surface area contributed by atoms with Crippen LogP contribution in [0.25, 0.3) is 11.3 Å². The number of nitrogens with zero attached hydrogens (tertiary/aromatic N) is 3. The van der Waals surface area contributed by atoms with Gasteiger partial charge in [-0.2, -0.15) is 0 Å². The quantitative estimate of drug-likeness (QED) is 0.805. The Kier molecular flexibility index (Phi) is 1.74. The molecule has 0 atom stereocenters. The molecule has 2 aromatic rings. The molecule has 0 spiro atoms. The smallest absolute Gasteiger partial charge is 0.123 e. The third-order valence-corrected chi connectivity index (χ3v) is 2.68. The highest BCUT2D eigenvalue weighted by atomic mass is 15.1. The number of anilines is 1. The van der Waals surface area contributed by atoms with Gasteiger partial charge in [0.15, 0.2) is 0 Å². The molecule has 0 amide bonds. The van der Waals surface area contributed by atoms with E-state index in [1.807, 2.05) is 24.7 Å². The normalized spacial score (nSPS) is 15.5. The lowest BCUT2D eigenvalue weighted by Gasteiger charge is -2.06. The highest BCUT2D eigenvalue weighted by Crippen LogP contribution is 2.38. The fourth-order valence-corrected chi connectivity index (χ4v) is 1.78. The number of hydrogen-bond donors (Lipinski definition) is 1. The van der Waals surface area contributed by atoms with Gasteiger partial charge in [-0.15, -0.1) is 0 Å². The number of imidazole rings is 1. The zero-order valence-electron chi connectivity index (χ0n) is 8.30. The molecule has 3 rings (SSSR count). The molecule has 1 fully saturated rings. The van der Waals surface area contributed by atoms with Crippen molar-refractivity contribution < 1.29 is 0 Å². The number of nitrogen functional groups attached to an aromatic ring is 1. The predicted molar refractivity (Wildman–Crippen MR) is 58.1 cm³/mol. The van der Waals surface area contributed by atoms with E-state index in [0.29, 0.717) is 11.9 Å². The van der Waals surface area contributed by atoms with E-state index in [4.69, 9.17) is 5.73 Å². The van der Waals surface area contributed by atoms with Crippen molar-refractivity contribution >= 4 is 5.82 Å². The lowest BCUT2D eigenvalue weighted by molar-refractivity contribution is 0.748. The Hall–Kier alpha value is -1.84. The van der Waals surface area contributed by atoms with Crippen molar-refractivity contribution in [2.75, 3.05) is 5.73 Å². The maximum atomic E-state index is 5.67. The molecule has 0 radical (unpaired) electrons. The fraction of sp³-hybridized carbons (Fsp3) is 0.273. The van der Waals surface area contributed by atoms with Gasteiger partial charge in [0.2, 0.25) is 0 Å². The van der Waals surface area contributed by atoms with E-state index in [1.54, 1.807) is 6.20 Å². The van der Waals surface area contributed by atoms with E-state index in [9.17, 15) is 0 Å². The second-order valence-electron chi connectivity index (χ2n) is 3.89. The summed E-state index contributed by atoms with van der Waals surface area (Å²) in [6, 6.07) is 4.49. The third-order valence-electron chi connectivity index (χ3n) is 2.68. The van der Waals surface area contributed by atoms with E-state index in [2.05, 4.69) is 14.5 Å². The molecule has 4 heteroatoms. The molecule has 1 aliphatic rings. The Morgan fingerprint density at radius 3 is 3.00 bits per heavy atom. The van der Waals surface area contributed by atoms with Crippen LogP contribution in [0.5, 0.6) is 0 Å². The van der Waals surface area contributed by atoms with Crippen LogP contribution in [0.1, 0.15) is 18.9 Å². The van der Waals surface area contributed by atoms with Crippen LogP contribution in [0, 0.1) is 0 Å². The molecule has 4 nitrogen and oxygen atoms in total. The molecule has 2 heterocycles. The van der Waals surface area contributed by atoms with Crippen molar-refractivity contribution in [3.63, 3.8) is 0 Å². The average molecular weight is 200 g/mol. The Bertz CT molecular complexity index is 485. The van der Waals surface area contributed by atoms with E-state index in [-0.39, 0.29) is 0 Å². The first-order chi connectivity index (χ1) is 7.34. The Morgan fingerprint density at radius 2 is 2.27 bits per heavy atom. The second kappa shape index (κ2) is 3.08. The molecule has 2 aromatic heterocycles. The molecule has 1 saturated carbocycles. The largest absolute Gasteiger partial charge is 0.384 e. The van der Waals surface area contributed by atoms with Crippen molar-refractivity contribution in [3.05, 3.63) is 30.9 Å². The molecule has 0 unspecified atom stereocenters. The van der Waals surface area contributed by atoms with Crippen LogP contribution >= 0.6 is 0 Å². The zero-order chi connectivity index (χ0) is 10.3. The Balaban J connectivity index is 2.07. The molecule has 15 heavy (non-hydrogen) atoms. The lowest BCUT2D eigenvalue weighted by atomic mass is 10.2. The molecule has 0 bridgehead atoms. The first kappa shape index (κ1) is 8.47. The Morgan fingerprint density at radius 1 is 1.40 bits per heavy atom. The summed E-state index contributed by atoms with van der Waals surface area (Å²) in [6.45, 7) is 0. The summed E-state index contributed by atoms with van der Waals surface area (Å²) in [7, 11) is 0. The molecule has 2 N–H and O–H groups in total. The summed E-state index contributed by atoms with van der Waals surface area (Å²) in [5, 5.41) is 0. The van der Waals surface area contributed by atoms with Crippen molar-refractivity contribution in [3.8, 4) is 11.3 Å². The van der Waals surface area contributed by atoms with Gasteiger partial charge in [-0.05, 0) is 25.0 Å². The standard InChI is InChI=1S/C11H12N4/c12-11-5-8(3-4-14-11)10-6-13-7-15(10)9-1-2-9/h3-7,9H,1-2H2,(H2,12,14). The predicted octanol–water partition coefficient (Wildman–Crippen LogP) is 1.86. The first-order valence-corrected chi connectivity index (χ1v) is 5.08. The number of rotatable bonds is 2. The maximum absolute atomic E-state index is 5.67. The highest BCUT2D eigenvalue weighted by Gasteiger charge is 2.25. The highest BCUT2D eigenvalue weighted by molar-refractivity contribution is 5.62. The molecular weight excluding hydrogens is 188 g/mol. The molecule has 0 aliphatic heterocycles. The van der Waals surface area contributed by atoms with Crippen molar-refractivity contribution in [1.29, 1.82) is 0 Å². The summed E-state index contributed by atoms with van der Waals surface area (Å²) < 4.78 is 2.22. The molecule has 0 saturated heterocycles. The molecule has 1 aliphatic carbocycles. The number of nitrogens with two attached hydrogens (primary N) is 1. The molecule has 76 valence electrons. The van der Waals surface area contributed by atoms with Crippen molar-refractivity contribution in [2.24, 2.45) is 0 Å². The summed E-state index contributed by atoms with van der Waals surface area (Å²) >= 11 is 0. The summed E-state index contributed by atoms with van der Waals surface area (Å²) in [5.74, 6) is 0.552. The van der Waals surface area contributed by atoms with Gasteiger partial charge in [0.1, 0.15) is 5.82 Å². The maximum Gasteiger partial charge on any atom is 0.123 e. The van der Waals surface area contributed by atoms with Gasteiger partial charge in [-0.25, -0.2) is 9.97 Å². The van der Waals surface area contributed by atoms with Crippen LogP contribution in [0.4, 0.5) is 5.82 Å². The van der Waals surface area contributed by atoms with Gasteiger partial charge < -0.3 is 10.3 Å². The van der Waals surface area contributed by atoms with Crippen LogP contribution in [-0.2, 0) is 0 Å². The summed E-state index contributed by atoms with van der Waals surface area (Å²) in [5.41, 5.74) is 7.89. The fourth-order valence-electron chi connectivity index (χ4n) is 1.78. The lowest BCUT2D eigenvalue weighted by Crippen LogP contribution is -1.96. The van der Waals surface area contributed by atoms with Gasteiger partial charge in [0, 0.05) is 17.8 Å². The van der Waals surface area contributed by atoms with Crippen molar-refractivity contribution in [1.82, 2.24) is 14.5 Å². The van der Waals surface area contributed by atoms with Crippen LogP contribution in [-0.4, -0.2) is 14.5 Å². The summed E-state index contributed by atoms with van der Waals surface area (Å²) in [4.78, 5) is 8.18. The number of hydrogen-bond acceptors (Lipinski definition) is 3. The van der Waals surface area contributed by atoms with Crippen molar-refractivity contribution in [2.45, 2.75) is 18.9 Å². The first-order valence-electron chi connectivity index (χ1n) is 5.08. The second-order valence-corrected chi connectivity index (χ2v) is 3.89. The van der Waals surface area contributed by atoms with Gasteiger partial charge in [0.25, 0.3) is 0 Å². The number of pyridine rings is 1. The van der Waals surface area contributed by atoms with E-state index in [1.165, 1.54) is 12.8 Å². The Labute approximate surface area is 87.8 Å². The van der Waals surface area contributed by atoms with E-state index >= 15 is 0 Å². The molecular formula is C11H12N4. The van der Waals surface area contributed by atoms with Crippen LogP contribution in [0.3, 0.4) is 0 Å². The van der Waals surface area contributed by atoms with E-state index < -0.39 is 0 Å². The third kappa shape index (κ3) is 1.48. The topological polar surface area (TPSA) is 56.7 Å². The van der Waals surface area contributed by atoms with Crippen LogP contribution < -0.4 is 5.73 Å². The summed E-state index contributed by atoms with van der Waals surface area (Å²) in [6.07, 6.45) is 8.01. The van der Waals surface area contributed by atoms with Gasteiger partial charge in [-0.3, -0.25) is 0 Å². The minimum Gasteiger partial charge on any atom is -0.384 e. The monoisotopic (exact) mass is 200 g/mol. The van der Waals surface area contributed by atoms with Crippen LogP contribution in [0.15, 0.2) is 30.9 Å². The average Bonchev–Trinajstić information content (AvgIpc) is 2.96. The van der Waals surface area contributed by atoms with Gasteiger partial charge in [-0.1, -0.05) is 0 Å². The van der Waals surface area contributed by atoms with Gasteiger partial charge in [0.05, 0.1) is 18.2 Å². The van der Waals surface area contributed by atoms with Gasteiger partial charge >= 0.3 is 0 Å². The minimum atomic E-state index is 0.552. The SMILES string of the molecule is Nc1cc(-c2cncn2C2CC2)ccn1. The molecule has 0 aromatic carbocycles. The number of aromatic nitrogens is 3. The minimum absolute atomic E-state index is 0.552. The van der Waals surface area contributed by atoms with Crippen LogP contribution in [0.2, 0.25) is 0 Å². The van der Waals surface area contributed by atoms with E-state index in [0.717, 1.165) is 11.3 Å². The zero-order valence-corrected chi connectivity index (χ0v) is 8.30.